The van der Waals surface area contributed by atoms with Gasteiger partial charge in [-0.2, -0.15) is 0 Å². The standard InChI is InChI=1S/C15H18ClNO2/c1-3-19-15(18)6-4-5-12-10(2)17-14-8-7-11(16)9-13(12)14/h7-9,17H,3-6H2,1-2H3. The number of carbonyl (C=O) groups excluding carboxylic acids is 1. The second kappa shape index (κ2) is 6.11. The molecule has 0 saturated carbocycles. The molecular weight excluding hydrogens is 262 g/mol. The van der Waals surface area contributed by atoms with Crippen LogP contribution in [0.5, 0.6) is 0 Å². The maximum Gasteiger partial charge on any atom is 0.305 e. The van der Waals surface area contributed by atoms with E-state index in [0.29, 0.717) is 13.0 Å². The second-order valence-corrected chi connectivity index (χ2v) is 5.01. The fourth-order valence-corrected chi connectivity index (χ4v) is 2.49. The van der Waals surface area contributed by atoms with E-state index in [9.17, 15) is 4.79 Å². The Morgan fingerprint density at radius 3 is 2.95 bits per heavy atom. The van der Waals surface area contributed by atoms with E-state index in [-0.39, 0.29) is 5.97 Å². The van der Waals surface area contributed by atoms with E-state index in [0.717, 1.165) is 34.5 Å². The normalized spacial score (nSPS) is 10.9. The lowest BCUT2D eigenvalue weighted by atomic mass is 10.0. The Hall–Kier alpha value is -1.48. The first-order valence-electron chi connectivity index (χ1n) is 6.54. The van der Waals surface area contributed by atoms with E-state index < -0.39 is 0 Å². The summed E-state index contributed by atoms with van der Waals surface area (Å²) in [5, 5.41) is 1.88. The zero-order valence-corrected chi connectivity index (χ0v) is 12.0. The molecule has 0 amide bonds. The molecule has 2 aromatic rings. The number of rotatable bonds is 5. The van der Waals surface area contributed by atoms with Gasteiger partial charge in [-0.05, 0) is 50.5 Å². The van der Waals surface area contributed by atoms with Crippen molar-refractivity contribution in [2.24, 2.45) is 0 Å². The highest BCUT2D eigenvalue weighted by Crippen LogP contribution is 2.26. The summed E-state index contributed by atoms with van der Waals surface area (Å²) in [6.45, 7) is 4.32. The Morgan fingerprint density at radius 1 is 1.42 bits per heavy atom. The number of aromatic amines is 1. The van der Waals surface area contributed by atoms with Crippen molar-refractivity contribution in [2.75, 3.05) is 6.61 Å². The summed E-state index contributed by atoms with van der Waals surface area (Å²) in [5.41, 5.74) is 3.47. The van der Waals surface area contributed by atoms with Gasteiger partial charge in [0.25, 0.3) is 0 Å². The lowest BCUT2D eigenvalue weighted by Crippen LogP contribution is -2.04. The van der Waals surface area contributed by atoms with Crippen molar-refractivity contribution in [1.82, 2.24) is 4.98 Å². The van der Waals surface area contributed by atoms with Gasteiger partial charge in [-0.15, -0.1) is 0 Å². The van der Waals surface area contributed by atoms with E-state index in [1.807, 2.05) is 32.0 Å². The summed E-state index contributed by atoms with van der Waals surface area (Å²) >= 11 is 6.04. The smallest absolute Gasteiger partial charge is 0.305 e. The molecule has 3 nitrogen and oxygen atoms in total. The predicted molar refractivity (Wildman–Crippen MR) is 77.6 cm³/mol. The average Bonchev–Trinajstić information content (AvgIpc) is 2.66. The molecule has 0 bridgehead atoms. The highest BCUT2D eigenvalue weighted by molar-refractivity contribution is 6.31. The van der Waals surface area contributed by atoms with Gasteiger partial charge < -0.3 is 9.72 Å². The number of nitrogens with one attached hydrogen (secondary N) is 1. The zero-order chi connectivity index (χ0) is 13.8. The lowest BCUT2D eigenvalue weighted by Gasteiger charge is -2.03. The van der Waals surface area contributed by atoms with Gasteiger partial charge in [0.2, 0.25) is 0 Å². The number of ether oxygens (including phenoxy) is 1. The van der Waals surface area contributed by atoms with E-state index in [1.54, 1.807) is 0 Å². The van der Waals surface area contributed by atoms with Crippen molar-refractivity contribution < 1.29 is 9.53 Å². The minimum Gasteiger partial charge on any atom is -0.466 e. The Balaban J connectivity index is 2.09. The van der Waals surface area contributed by atoms with Gasteiger partial charge >= 0.3 is 5.97 Å². The number of hydrogen-bond donors (Lipinski definition) is 1. The van der Waals surface area contributed by atoms with Gasteiger partial charge in [0, 0.05) is 28.0 Å². The first-order valence-corrected chi connectivity index (χ1v) is 6.92. The highest BCUT2D eigenvalue weighted by atomic mass is 35.5. The van der Waals surface area contributed by atoms with E-state index in [2.05, 4.69) is 4.98 Å². The van der Waals surface area contributed by atoms with E-state index in [1.165, 1.54) is 5.56 Å². The summed E-state index contributed by atoms with van der Waals surface area (Å²) in [6.07, 6.45) is 2.10. The number of aromatic nitrogens is 1. The van der Waals surface area contributed by atoms with Crippen LogP contribution < -0.4 is 0 Å². The molecule has 4 heteroatoms. The molecule has 1 aromatic carbocycles. The molecule has 0 aliphatic rings. The third-order valence-electron chi connectivity index (χ3n) is 3.19. The van der Waals surface area contributed by atoms with Gasteiger partial charge in [0.05, 0.1) is 6.61 Å². The second-order valence-electron chi connectivity index (χ2n) is 4.58. The summed E-state index contributed by atoms with van der Waals surface area (Å²) in [4.78, 5) is 14.7. The Bertz CT molecular complexity index is 589. The van der Waals surface area contributed by atoms with Gasteiger partial charge in [-0.3, -0.25) is 4.79 Å². The SMILES string of the molecule is CCOC(=O)CCCc1c(C)[nH]c2ccc(Cl)cc12. The minimum atomic E-state index is -0.127. The number of H-pyrrole nitrogens is 1. The number of hydrogen-bond acceptors (Lipinski definition) is 2. The number of benzene rings is 1. The van der Waals surface area contributed by atoms with Gasteiger partial charge in [-0.25, -0.2) is 0 Å². The molecule has 19 heavy (non-hydrogen) atoms. The number of aryl methyl sites for hydroxylation is 2. The molecule has 0 aliphatic carbocycles. The molecule has 0 fully saturated rings. The molecule has 1 heterocycles. The van der Waals surface area contributed by atoms with Crippen LogP contribution in [0.1, 0.15) is 31.0 Å². The van der Waals surface area contributed by atoms with Crippen LogP contribution in [0.4, 0.5) is 0 Å². The molecule has 0 atom stereocenters. The van der Waals surface area contributed by atoms with Gasteiger partial charge in [0.1, 0.15) is 0 Å². The van der Waals surface area contributed by atoms with Crippen molar-refractivity contribution in [3.05, 3.63) is 34.5 Å². The third-order valence-corrected chi connectivity index (χ3v) is 3.43. The first-order chi connectivity index (χ1) is 9.11. The van der Waals surface area contributed by atoms with Crippen molar-refractivity contribution in [3.8, 4) is 0 Å². The predicted octanol–water partition coefficient (Wildman–Crippen LogP) is 4.02. The van der Waals surface area contributed by atoms with Crippen LogP contribution in [0.15, 0.2) is 18.2 Å². The molecule has 0 unspecified atom stereocenters. The van der Waals surface area contributed by atoms with Crippen molar-refractivity contribution in [2.45, 2.75) is 33.1 Å². The van der Waals surface area contributed by atoms with E-state index in [4.69, 9.17) is 16.3 Å². The zero-order valence-electron chi connectivity index (χ0n) is 11.3. The number of esters is 1. The molecule has 0 aliphatic heterocycles. The number of carbonyl (C=O) groups is 1. The van der Waals surface area contributed by atoms with Gasteiger partial charge in [-0.1, -0.05) is 11.6 Å². The van der Waals surface area contributed by atoms with Crippen LogP contribution in [0, 0.1) is 6.92 Å². The Labute approximate surface area is 117 Å². The van der Waals surface area contributed by atoms with Crippen LogP contribution in [0.2, 0.25) is 5.02 Å². The molecule has 0 spiro atoms. The van der Waals surface area contributed by atoms with Crippen molar-refractivity contribution in [1.29, 1.82) is 0 Å². The summed E-state index contributed by atoms with van der Waals surface area (Å²) in [6, 6.07) is 5.84. The topological polar surface area (TPSA) is 42.1 Å². The molecule has 0 saturated heterocycles. The van der Waals surface area contributed by atoms with Crippen LogP contribution in [0.25, 0.3) is 10.9 Å². The first kappa shape index (κ1) is 13.9. The van der Waals surface area contributed by atoms with Gasteiger partial charge in [0.15, 0.2) is 0 Å². The minimum absolute atomic E-state index is 0.127. The number of fused-ring (bicyclic) bond motifs is 1. The summed E-state index contributed by atoms with van der Waals surface area (Å²) in [5.74, 6) is -0.127. The Morgan fingerprint density at radius 2 is 2.21 bits per heavy atom. The van der Waals surface area contributed by atoms with Crippen LogP contribution >= 0.6 is 11.6 Å². The molecule has 102 valence electrons. The summed E-state index contributed by atoms with van der Waals surface area (Å²) < 4.78 is 4.93. The van der Waals surface area contributed by atoms with Crippen molar-refractivity contribution in [3.63, 3.8) is 0 Å². The molecule has 1 N–H and O–H groups in total. The third kappa shape index (κ3) is 3.29. The van der Waals surface area contributed by atoms with E-state index >= 15 is 0 Å². The van der Waals surface area contributed by atoms with Crippen LogP contribution in [0.3, 0.4) is 0 Å². The Kier molecular flexibility index (Phi) is 4.48. The molecule has 2 rings (SSSR count). The average molecular weight is 280 g/mol. The van der Waals surface area contributed by atoms with Crippen molar-refractivity contribution >= 4 is 28.5 Å². The highest BCUT2D eigenvalue weighted by Gasteiger charge is 2.10. The largest absolute Gasteiger partial charge is 0.466 e. The monoisotopic (exact) mass is 279 g/mol. The number of halogens is 1. The molecular formula is C15H18ClNO2. The fraction of sp³-hybridized carbons (Fsp3) is 0.400. The van der Waals surface area contributed by atoms with Crippen LogP contribution in [-0.4, -0.2) is 17.6 Å². The van der Waals surface area contributed by atoms with Crippen LogP contribution in [-0.2, 0) is 16.0 Å². The quantitative estimate of drug-likeness (QED) is 0.840. The molecule has 1 aromatic heterocycles. The lowest BCUT2D eigenvalue weighted by molar-refractivity contribution is -0.143. The fourth-order valence-electron chi connectivity index (χ4n) is 2.32. The summed E-state index contributed by atoms with van der Waals surface area (Å²) in [7, 11) is 0. The maximum absolute atomic E-state index is 11.3. The maximum atomic E-state index is 11.3. The molecule has 0 radical (unpaired) electrons.